The van der Waals surface area contributed by atoms with Gasteiger partial charge in [0, 0.05) is 11.5 Å². The van der Waals surface area contributed by atoms with Crippen molar-refractivity contribution in [1.29, 1.82) is 0 Å². The van der Waals surface area contributed by atoms with Crippen LogP contribution in [0.3, 0.4) is 0 Å². The molecule has 0 saturated carbocycles. The van der Waals surface area contributed by atoms with Gasteiger partial charge in [0.2, 0.25) is 0 Å². The normalized spacial score (nSPS) is 12.5. The highest BCUT2D eigenvalue weighted by molar-refractivity contribution is 5.71. The van der Waals surface area contributed by atoms with Crippen LogP contribution in [0.2, 0.25) is 0 Å². The number of hydrogen-bond donors (Lipinski definition) is 1. The molecule has 0 aliphatic carbocycles. The Hall–Kier alpha value is -3.60. The molecule has 0 radical (unpaired) electrons. The number of carboxylic acids is 1. The van der Waals surface area contributed by atoms with Crippen molar-refractivity contribution in [2.75, 3.05) is 7.11 Å². The zero-order valence-electron chi connectivity index (χ0n) is 21.7. The Bertz CT molecular complexity index is 1220. The maximum absolute atomic E-state index is 14.8. The highest BCUT2D eigenvalue weighted by Crippen LogP contribution is 2.37. The molecule has 190 valence electrons. The second-order valence-electron chi connectivity index (χ2n) is 9.88. The SMILES string of the molecule is CCC=C[C@H](CC(=O)O)c1cccc(OCc2ccc(-c3cc(OC)ccc3F)c(C(C)(C)C)c2)c1. The van der Waals surface area contributed by atoms with Gasteiger partial charge in [-0.25, -0.2) is 4.39 Å². The van der Waals surface area contributed by atoms with Gasteiger partial charge in [-0.15, -0.1) is 0 Å². The summed E-state index contributed by atoms with van der Waals surface area (Å²) in [4.78, 5) is 11.3. The number of hydrogen-bond acceptors (Lipinski definition) is 3. The van der Waals surface area contributed by atoms with Crippen molar-refractivity contribution in [1.82, 2.24) is 0 Å². The number of carboxylic acid groups (broad SMARTS) is 1. The van der Waals surface area contributed by atoms with E-state index in [-0.39, 0.29) is 23.6 Å². The van der Waals surface area contributed by atoms with Crippen LogP contribution in [-0.2, 0) is 16.8 Å². The number of rotatable bonds is 10. The van der Waals surface area contributed by atoms with Gasteiger partial charge in [0.25, 0.3) is 0 Å². The first kappa shape index (κ1) is 27.0. The Balaban J connectivity index is 1.87. The average Bonchev–Trinajstić information content (AvgIpc) is 2.85. The smallest absolute Gasteiger partial charge is 0.304 e. The van der Waals surface area contributed by atoms with Gasteiger partial charge in [0.05, 0.1) is 13.5 Å². The summed E-state index contributed by atoms with van der Waals surface area (Å²) in [6.45, 7) is 8.66. The molecule has 3 aromatic carbocycles. The van der Waals surface area contributed by atoms with Crippen molar-refractivity contribution in [2.24, 2.45) is 0 Å². The molecule has 3 rings (SSSR count). The first-order valence-corrected chi connectivity index (χ1v) is 12.2. The first-order chi connectivity index (χ1) is 17.1. The van der Waals surface area contributed by atoms with Crippen LogP contribution >= 0.6 is 0 Å². The lowest BCUT2D eigenvalue weighted by atomic mass is 9.81. The number of benzene rings is 3. The molecule has 1 atom stereocenters. The van der Waals surface area contributed by atoms with Gasteiger partial charge in [0.1, 0.15) is 23.9 Å². The molecule has 0 fully saturated rings. The molecule has 0 unspecified atom stereocenters. The molecule has 0 aliphatic heterocycles. The van der Waals surface area contributed by atoms with E-state index >= 15 is 0 Å². The van der Waals surface area contributed by atoms with E-state index in [1.807, 2.05) is 55.5 Å². The molecular formula is C31H35FO4. The molecule has 0 heterocycles. The van der Waals surface area contributed by atoms with Gasteiger partial charge in [0.15, 0.2) is 0 Å². The molecule has 0 saturated heterocycles. The standard InChI is InChI=1S/C31H35FO4/c1-6-7-9-23(18-30(33)34)22-10-8-11-25(17-22)36-20-21-12-14-26(28(16-21)31(2,3)4)27-19-24(35-5)13-15-29(27)32/h7-17,19,23H,6,18,20H2,1-5H3,(H,33,34)/t23-/m1/s1. The number of ether oxygens (including phenoxy) is 2. The van der Waals surface area contributed by atoms with Crippen molar-refractivity contribution < 1.29 is 23.8 Å². The van der Waals surface area contributed by atoms with Crippen LogP contribution in [-0.4, -0.2) is 18.2 Å². The van der Waals surface area contributed by atoms with Gasteiger partial charge in [-0.3, -0.25) is 4.79 Å². The molecule has 3 aromatic rings. The predicted octanol–water partition coefficient (Wildman–Crippen LogP) is 7.90. The Morgan fingerprint density at radius 2 is 1.81 bits per heavy atom. The average molecular weight is 491 g/mol. The second kappa shape index (κ2) is 11.9. The zero-order chi connectivity index (χ0) is 26.3. The van der Waals surface area contributed by atoms with Crippen molar-refractivity contribution in [3.8, 4) is 22.6 Å². The Morgan fingerprint density at radius 1 is 1.03 bits per heavy atom. The van der Waals surface area contributed by atoms with Gasteiger partial charge in [-0.1, -0.05) is 70.2 Å². The van der Waals surface area contributed by atoms with Crippen molar-refractivity contribution >= 4 is 5.97 Å². The molecule has 0 spiro atoms. The van der Waals surface area contributed by atoms with E-state index in [9.17, 15) is 14.3 Å². The first-order valence-electron chi connectivity index (χ1n) is 12.2. The number of carbonyl (C=O) groups is 1. The third-order valence-corrected chi connectivity index (χ3v) is 6.05. The zero-order valence-corrected chi connectivity index (χ0v) is 21.7. The Kier molecular flexibility index (Phi) is 8.92. The third-order valence-electron chi connectivity index (χ3n) is 6.05. The highest BCUT2D eigenvalue weighted by Gasteiger charge is 2.22. The Morgan fingerprint density at radius 3 is 2.47 bits per heavy atom. The van der Waals surface area contributed by atoms with E-state index in [0.717, 1.165) is 28.7 Å². The van der Waals surface area contributed by atoms with E-state index < -0.39 is 5.97 Å². The third kappa shape index (κ3) is 6.97. The molecule has 0 bridgehead atoms. The number of allylic oxidation sites excluding steroid dienone is 2. The van der Waals surface area contributed by atoms with Gasteiger partial charge in [-0.05, 0) is 64.4 Å². The largest absolute Gasteiger partial charge is 0.497 e. The molecule has 1 N–H and O–H groups in total. The maximum Gasteiger partial charge on any atom is 0.304 e. The molecule has 0 aliphatic rings. The fourth-order valence-corrected chi connectivity index (χ4v) is 4.16. The van der Waals surface area contributed by atoms with E-state index in [1.165, 1.54) is 6.07 Å². The van der Waals surface area contributed by atoms with Crippen LogP contribution in [0.4, 0.5) is 4.39 Å². The van der Waals surface area contributed by atoms with Gasteiger partial charge < -0.3 is 14.6 Å². The minimum Gasteiger partial charge on any atom is -0.497 e. The Labute approximate surface area is 213 Å². The summed E-state index contributed by atoms with van der Waals surface area (Å²) in [6.07, 6.45) is 4.80. The lowest BCUT2D eigenvalue weighted by Crippen LogP contribution is -2.14. The van der Waals surface area contributed by atoms with Gasteiger partial charge in [-0.2, -0.15) is 0 Å². The number of aliphatic carboxylic acids is 1. The summed E-state index contributed by atoms with van der Waals surface area (Å²) in [5, 5.41) is 9.31. The van der Waals surface area contributed by atoms with Crippen LogP contribution in [0.25, 0.3) is 11.1 Å². The van der Waals surface area contributed by atoms with Crippen molar-refractivity contribution in [3.63, 3.8) is 0 Å². The molecular weight excluding hydrogens is 455 g/mol. The fourth-order valence-electron chi connectivity index (χ4n) is 4.16. The van der Waals surface area contributed by atoms with Crippen LogP contribution in [0.5, 0.6) is 11.5 Å². The van der Waals surface area contributed by atoms with E-state index in [0.29, 0.717) is 23.7 Å². The summed E-state index contributed by atoms with van der Waals surface area (Å²) < 4.78 is 26.2. The van der Waals surface area contributed by atoms with Crippen LogP contribution < -0.4 is 9.47 Å². The molecule has 0 aromatic heterocycles. The molecule has 36 heavy (non-hydrogen) atoms. The van der Waals surface area contributed by atoms with E-state index in [4.69, 9.17) is 9.47 Å². The second-order valence-corrected chi connectivity index (χ2v) is 9.88. The maximum atomic E-state index is 14.8. The summed E-state index contributed by atoms with van der Waals surface area (Å²) in [7, 11) is 1.57. The fraction of sp³-hybridized carbons (Fsp3) is 0.323. The summed E-state index contributed by atoms with van der Waals surface area (Å²) in [5.74, 6) is -0.0680. The topological polar surface area (TPSA) is 55.8 Å². The van der Waals surface area contributed by atoms with Crippen LogP contribution in [0.1, 0.15) is 63.1 Å². The lowest BCUT2D eigenvalue weighted by molar-refractivity contribution is -0.137. The minimum absolute atomic E-state index is 0.0250. The van der Waals surface area contributed by atoms with Crippen LogP contribution in [0, 0.1) is 5.82 Å². The quantitative estimate of drug-likeness (QED) is 0.294. The van der Waals surface area contributed by atoms with Gasteiger partial charge >= 0.3 is 5.97 Å². The minimum atomic E-state index is -0.839. The molecule has 0 amide bonds. The summed E-state index contributed by atoms with van der Waals surface area (Å²) in [6, 6.07) is 18.3. The number of methoxy groups -OCH3 is 1. The van der Waals surface area contributed by atoms with E-state index in [2.05, 4.69) is 26.8 Å². The van der Waals surface area contributed by atoms with Crippen LogP contribution in [0.15, 0.2) is 72.8 Å². The highest BCUT2D eigenvalue weighted by atomic mass is 19.1. The molecule has 5 heteroatoms. The molecule has 4 nitrogen and oxygen atoms in total. The number of halogens is 1. The van der Waals surface area contributed by atoms with Crippen molar-refractivity contribution in [3.05, 3.63) is 95.3 Å². The summed E-state index contributed by atoms with van der Waals surface area (Å²) in [5.41, 5.74) is 3.98. The predicted molar refractivity (Wildman–Crippen MR) is 142 cm³/mol. The van der Waals surface area contributed by atoms with E-state index in [1.54, 1.807) is 19.2 Å². The lowest BCUT2D eigenvalue weighted by Gasteiger charge is -2.24. The van der Waals surface area contributed by atoms with Crippen molar-refractivity contribution in [2.45, 2.75) is 58.5 Å². The summed E-state index contributed by atoms with van der Waals surface area (Å²) >= 11 is 0. The monoisotopic (exact) mass is 490 g/mol.